The summed E-state index contributed by atoms with van der Waals surface area (Å²) in [7, 11) is -3.70. The van der Waals surface area contributed by atoms with Crippen molar-refractivity contribution in [2.75, 3.05) is 0 Å². The van der Waals surface area contributed by atoms with Gasteiger partial charge < -0.3 is 4.74 Å². The van der Waals surface area contributed by atoms with E-state index in [9.17, 15) is 0 Å². The van der Waals surface area contributed by atoms with Crippen LogP contribution >= 0.6 is 29.3 Å². The summed E-state index contributed by atoms with van der Waals surface area (Å²) in [5.74, 6) is 2.15. The summed E-state index contributed by atoms with van der Waals surface area (Å²) in [6.45, 7) is 11.0. The molecule has 0 atom stereocenters. The Morgan fingerprint density at radius 2 is 0.771 bits per heavy atom. The van der Waals surface area contributed by atoms with Gasteiger partial charge in [-0.05, 0) is 47.4 Å². The maximum atomic E-state index is 7.29. The van der Waals surface area contributed by atoms with Crippen LogP contribution in [0.4, 0.5) is 0 Å². The molecule has 0 N–H and O–H groups in total. The van der Waals surface area contributed by atoms with E-state index in [-0.39, 0.29) is 0 Å². The van der Waals surface area contributed by atoms with Gasteiger partial charge in [0.2, 0.25) is 0 Å². The minimum Gasteiger partial charge on any atom is -0.120 e. The molecule has 48 heavy (non-hydrogen) atoms. The zero-order valence-electron chi connectivity index (χ0n) is 26.8. The predicted octanol–water partition coefficient (Wildman–Crippen LogP) is 7.18. The van der Waals surface area contributed by atoms with Crippen molar-refractivity contribution in [1.29, 1.82) is 0 Å². The fourth-order valence-electron chi connectivity index (χ4n) is 6.01. The summed E-state index contributed by atoms with van der Waals surface area (Å²) >= 11 is 4.53. The van der Waals surface area contributed by atoms with Crippen LogP contribution < -0.4 is 52.5 Å². The topological polar surface area (TPSA) is 48.6 Å². The van der Waals surface area contributed by atoms with Gasteiger partial charge in [-0.25, -0.2) is 0 Å². The average molecular weight is 919 g/mol. The van der Waals surface area contributed by atoms with Crippen molar-refractivity contribution < 1.29 is 21.9 Å². The number of benzene rings is 6. The van der Waals surface area contributed by atoms with Crippen LogP contribution in [0, 0.1) is 18.8 Å². The van der Waals surface area contributed by atoms with Crippen LogP contribution in [0.5, 0.6) is 11.5 Å². The molecular weight excluding hydrogens is 883 g/mol. The van der Waals surface area contributed by atoms with Crippen molar-refractivity contribution >= 4 is 79.5 Å². The molecular formula is C40H36BrNO2P2ReSi. The standard InChI is InChI=1S/C38H32OP2Si.C2H4.BrH.NO.Re/c1-42(2)35-27-15-25-33(40(29-17-7-3-8-18-29)30-19-9-4-10-20-30)37(35)39-38-34(26-16-28-36(38)42)41(31-21-11-5-12-22-31)32-23-13-6-14-24-32;1-2;;1-2;/h3-28H,1-2H3;1-2H2;1H;;/q;;;;+1/p-1. The molecule has 0 saturated carbocycles. The van der Waals surface area contributed by atoms with Crippen LogP contribution in [0.3, 0.4) is 0 Å². The molecule has 8 heteroatoms. The fourth-order valence-corrected chi connectivity index (χ4v) is 13.8. The Labute approximate surface area is 306 Å². The van der Waals surface area contributed by atoms with Crippen LogP contribution in [0.1, 0.15) is 0 Å². The van der Waals surface area contributed by atoms with Gasteiger partial charge in [0.1, 0.15) is 25.2 Å². The maximum Gasteiger partial charge on any atom is 0.120 e. The first kappa shape index (κ1) is 37.8. The van der Waals surface area contributed by atoms with Gasteiger partial charge in [0.15, 0.2) is 0 Å². The summed E-state index contributed by atoms with van der Waals surface area (Å²) in [6, 6.07) is 57.6. The summed E-state index contributed by atoms with van der Waals surface area (Å²) < 4.78 is 7.29. The normalized spacial score (nSPS) is 12.0. The van der Waals surface area contributed by atoms with Gasteiger partial charge in [-0.2, -0.15) is 0 Å². The fraction of sp³-hybridized carbons (Fsp3) is 0.0500. The van der Waals surface area contributed by atoms with Gasteiger partial charge in [-0.3, -0.25) is 0 Å². The van der Waals surface area contributed by atoms with Crippen molar-refractivity contribution in [2.24, 2.45) is 0 Å². The van der Waals surface area contributed by atoms with Gasteiger partial charge >= 0.3 is 30.6 Å². The molecule has 0 unspecified atom stereocenters. The van der Waals surface area contributed by atoms with Crippen molar-refractivity contribution in [3.63, 3.8) is 0 Å². The van der Waals surface area contributed by atoms with E-state index in [4.69, 9.17) is 15.2 Å². The van der Waals surface area contributed by atoms with Crippen molar-refractivity contribution in [3.05, 3.63) is 176 Å². The van der Waals surface area contributed by atoms with Crippen LogP contribution in [-0.4, -0.2) is 8.07 Å². The third kappa shape index (κ3) is 8.04. The SMILES string of the molecule is C[Si]1(C)c2cccc(P(c3ccccc3)c3ccccc3)c2Oc2c(P(c3ccccc3)c3ccccc3)cccc21.[Br][Re].[CH2][CH2].[N]=O. The summed E-state index contributed by atoms with van der Waals surface area (Å²) in [5.41, 5.74) is 5.75. The molecule has 0 fully saturated rings. The number of para-hydroxylation sites is 2. The van der Waals surface area contributed by atoms with E-state index in [0.717, 1.165) is 11.5 Å². The van der Waals surface area contributed by atoms with E-state index < -0.39 is 23.9 Å². The van der Waals surface area contributed by atoms with Gasteiger partial charge in [0.05, 0.1) is 0 Å². The summed E-state index contributed by atoms with van der Waals surface area (Å²) in [4.78, 5) is 7.25. The van der Waals surface area contributed by atoms with E-state index in [1.165, 1.54) is 59.4 Å². The van der Waals surface area contributed by atoms with E-state index in [1.54, 1.807) is 0 Å². The zero-order valence-corrected chi connectivity index (χ0v) is 33.9. The van der Waals surface area contributed by atoms with Gasteiger partial charge in [-0.15, -0.1) is 4.91 Å². The summed E-state index contributed by atoms with van der Waals surface area (Å²) in [5, 5.41) is 10.7. The molecule has 0 aliphatic carbocycles. The van der Waals surface area contributed by atoms with E-state index in [0.29, 0.717) is 0 Å². The Balaban J connectivity index is 0.000000823. The third-order valence-electron chi connectivity index (χ3n) is 8.08. The van der Waals surface area contributed by atoms with Crippen LogP contribution in [-0.2, 0) is 17.2 Å². The smallest absolute Gasteiger partial charge is 0.120 e. The predicted molar refractivity (Wildman–Crippen MR) is 212 cm³/mol. The second-order valence-corrected chi connectivity index (χ2v) is 19.7. The number of hydrogen-bond donors (Lipinski definition) is 0. The molecule has 0 saturated heterocycles. The maximum absolute atomic E-state index is 7.29. The first-order valence-corrected chi connectivity index (χ1v) is 26.8. The van der Waals surface area contributed by atoms with Crippen molar-refractivity contribution in [1.82, 2.24) is 5.59 Å². The Morgan fingerprint density at radius 1 is 0.500 bits per heavy atom. The first-order chi connectivity index (χ1) is 23.6. The Bertz CT molecular complexity index is 1650. The molecule has 0 spiro atoms. The molecule has 1 aliphatic rings. The van der Waals surface area contributed by atoms with Crippen molar-refractivity contribution in [3.8, 4) is 11.5 Å². The number of rotatable bonds is 6. The van der Waals surface area contributed by atoms with Crippen molar-refractivity contribution in [2.45, 2.75) is 13.1 Å². The minimum atomic E-state index is -2.09. The van der Waals surface area contributed by atoms with E-state index in [2.05, 4.69) is 198 Å². The number of nitrogens with zero attached hydrogens (tertiary/aromatic N) is 1. The minimum absolute atomic E-state index is 0.801. The molecule has 0 amide bonds. The number of ether oxygens (including phenoxy) is 1. The Hall–Kier alpha value is -3.06. The zero-order chi connectivity index (χ0) is 34.5. The molecule has 1 aliphatic heterocycles. The van der Waals surface area contributed by atoms with Gasteiger partial charge in [0.25, 0.3) is 0 Å². The molecule has 0 bridgehead atoms. The van der Waals surface area contributed by atoms with E-state index >= 15 is 0 Å². The second-order valence-electron chi connectivity index (χ2n) is 11.0. The quantitative estimate of drug-likeness (QED) is 0.132. The Morgan fingerprint density at radius 3 is 1.04 bits per heavy atom. The van der Waals surface area contributed by atoms with Gasteiger partial charge in [-0.1, -0.05) is 185 Å². The third-order valence-corrected chi connectivity index (χ3v) is 16.5. The number of nitroso groups, excluding NO2 is 1. The molecule has 241 valence electrons. The molecule has 3 nitrogen and oxygen atoms in total. The summed E-state index contributed by atoms with van der Waals surface area (Å²) in [6.07, 6.45) is 0. The van der Waals surface area contributed by atoms with Gasteiger partial charge in [0, 0.05) is 10.6 Å². The largest absolute Gasteiger partial charge is 0.120 e. The Kier molecular flexibility index (Phi) is 14.7. The molecule has 3 radical (unpaired) electrons. The number of halogens is 1. The molecule has 0 aromatic heterocycles. The second kappa shape index (κ2) is 18.6. The number of hydrogen-bond acceptors (Lipinski definition) is 2. The number of fused-ring (bicyclic) bond motifs is 2. The monoisotopic (exact) mass is 918 g/mol. The van der Waals surface area contributed by atoms with Crippen LogP contribution in [0.15, 0.2) is 158 Å². The molecule has 1 heterocycles. The molecule has 6 aromatic rings. The van der Waals surface area contributed by atoms with Crippen LogP contribution in [0.25, 0.3) is 0 Å². The average Bonchev–Trinajstić information content (AvgIpc) is 3.17. The molecule has 6 aromatic carbocycles. The van der Waals surface area contributed by atoms with E-state index in [1.807, 2.05) is 0 Å². The molecule has 7 rings (SSSR count). The first-order valence-electron chi connectivity index (χ1n) is 15.2. The van der Waals surface area contributed by atoms with Crippen LogP contribution in [0.2, 0.25) is 13.1 Å².